The molecule has 2 aromatic rings. The maximum absolute atomic E-state index is 9.81. The molecule has 0 aliphatic heterocycles. The maximum Gasteiger partial charge on any atom is 0.122 e. The van der Waals surface area contributed by atoms with Crippen molar-refractivity contribution < 1.29 is 9.84 Å². The minimum atomic E-state index is -0.667. The van der Waals surface area contributed by atoms with E-state index in [1.54, 1.807) is 7.11 Å². The third-order valence-corrected chi connectivity index (χ3v) is 3.17. The van der Waals surface area contributed by atoms with E-state index in [0.717, 1.165) is 22.4 Å². The Kier molecular flexibility index (Phi) is 4.75. The van der Waals surface area contributed by atoms with Crippen LogP contribution in [0.3, 0.4) is 0 Å². The van der Waals surface area contributed by atoms with Gasteiger partial charge in [0.1, 0.15) is 5.75 Å². The number of hydrogen-bond donors (Lipinski definition) is 1. The zero-order valence-corrected chi connectivity index (χ0v) is 11.4. The molecule has 0 aliphatic carbocycles. The van der Waals surface area contributed by atoms with Gasteiger partial charge in [0, 0.05) is 6.42 Å². The first-order valence-corrected chi connectivity index (χ1v) is 6.52. The van der Waals surface area contributed by atoms with Gasteiger partial charge in [0.15, 0.2) is 0 Å². The molecule has 0 amide bonds. The van der Waals surface area contributed by atoms with Crippen molar-refractivity contribution in [3.05, 3.63) is 54.1 Å². The van der Waals surface area contributed by atoms with Gasteiger partial charge in [-0.05, 0) is 28.8 Å². The first kappa shape index (κ1) is 14.1. The smallest absolute Gasteiger partial charge is 0.122 e. The molecule has 3 heteroatoms. The Hall–Kier alpha value is -2.31. The fourth-order valence-electron chi connectivity index (χ4n) is 2.18. The lowest BCUT2D eigenvalue weighted by Crippen LogP contribution is -2.10. The summed E-state index contributed by atoms with van der Waals surface area (Å²) in [6.45, 7) is 0. The van der Waals surface area contributed by atoms with Crippen LogP contribution < -0.4 is 4.74 Å². The highest BCUT2D eigenvalue weighted by atomic mass is 16.5. The van der Waals surface area contributed by atoms with Gasteiger partial charge in [-0.2, -0.15) is 5.26 Å². The molecular weight excluding hydrogens is 250 g/mol. The van der Waals surface area contributed by atoms with Gasteiger partial charge in [0.2, 0.25) is 0 Å². The second kappa shape index (κ2) is 6.74. The molecule has 0 aromatic heterocycles. The molecule has 102 valence electrons. The Labute approximate surface area is 119 Å². The SMILES string of the molecule is COc1ccc(-c2ccccc2)cc1C[C@@H](O)CC#N. The molecule has 2 aromatic carbocycles. The van der Waals surface area contributed by atoms with Gasteiger partial charge in [-0.15, -0.1) is 0 Å². The van der Waals surface area contributed by atoms with Crippen molar-refractivity contribution in [3.8, 4) is 22.9 Å². The zero-order chi connectivity index (χ0) is 14.4. The van der Waals surface area contributed by atoms with Gasteiger partial charge < -0.3 is 9.84 Å². The Morgan fingerprint density at radius 1 is 1.15 bits per heavy atom. The van der Waals surface area contributed by atoms with Gasteiger partial charge in [-0.3, -0.25) is 0 Å². The summed E-state index contributed by atoms with van der Waals surface area (Å²) < 4.78 is 5.32. The Balaban J connectivity index is 2.32. The van der Waals surface area contributed by atoms with E-state index in [1.165, 1.54) is 0 Å². The highest BCUT2D eigenvalue weighted by Gasteiger charge is 2.11. The molecule has 1 N–H and O–H groups in total. The molecule has 20 heavy (non-hydrogen) atoms. The minimum Gasteiger partial charge on any atom is -0.496 e. The molecule has 0 aliphatic rings. The number of ether oxygens (including phenoxy) is 1. The summed E-state index contributed by atoms with van der Waals surface area (Å²) in [7, 11) is 1.61. The van der Waals surface area contributed by atoms with Crippen molar-refractivity contribution in [2.24, 2.45) is 0 Å². The van der Waals surface area contributed by atoms with Crippen molar-refractivity contribution in [1.82, 2.24) is 0 Å². The predicted octanol–water partition coefficient (Wildman–Crippen LogP) is 3.18. The van der Waals surface area contributed by atoms with E-state index in [-0.39, 0.29) is 6.42 Å². The topological polar surface area (TPSA) is 53.2 Å². The average molecular weight is 267 g/mol. The Bertz CT molecular complexity index is 602. The quantitative estimate of drug-likeness (QED) is 0.905. The van der Waals surface area contributed by atoms with E-state index in [4.69, 9.17) is 10.00 Å². The van der Waals surface area contributed by atoms with E-state index in [0.29, 0.717) is 6.42 Å². The summed E-state index contributed by atoms with van der Waals surface area (Å²) in [5.74, 6) is 0.738. The summed E-state index contributed by atoms with van der Waals surface area (Å²) in [6, 6.07) is 17.9. The van der Waals surface area contributed by atoms with Crippen molar-refractivity contribution >= 4 is 0 Å². The van der Waals surface area contributed by atoms with Crippen LogP contribution in [0.2, 0.25) is 0 Å². The average Bonchev–Trinajstić information content (AvgIpc) is 2.48. The number of nitrogens with zero attached hydrogens (tertiary/aromatic N) is 1. The van der Waals surface area contributed by atoms with E-state index < -0.39 is 6.10 Å². The Morgan fingerprint density at radius 2 is 1.90 bits per heavy atom. The van der Waals surface area contributed by atoms with Crippen LogP contribution in [-0.2, 0) is 6.42 Å². The number of methoxy groups -OCH3 is 1. The molecule has 0 bridgehead atoms. The first-order valence-electron chi connectivity index (χ1n) is 6.52. The van der Waals surface area contributed by atoms with Gasteiger partial charge in [0.05, 0.1) is 25.7 Å². The fraction of sp³-hybridized carbons (Fsp3) is 0.235. The lowest BCUT2D eigenvalue weighted by molar-refractivity contribution is 0.179. The van der Waals surface area contributed by atoms with Crippen molar-refractivity contribution in [3.63, 3.8) is 0 Å². The third kappa shape index (κ3) is 3.37. The lowest BCUT2D eigenvalue weighted by Gasteiger charge is -2.13. The number of rotatable bonds is 5. The van der Waals surface area contributed by atoms with E-state index in [2.05, 4.69) is 0 Å². The van der Waals surface area contributed by atoms with E-state index in [9.17, 15) is 5.11 Å². The van der Waals surface area contributed by atoms with Gasteiger partial charge in [-0.1, -0.05) is 36.4 Å². The first-order chi connectivity index (χ1) is 9.74. The van der Waals surface area contributed by atoms with Crippen LogP contribution in [-0.4, -0.2) is 18.3 Å². The fourth-order valence-corrected chi connectivity index (χ4v) is 2.18. The number of hydrogen-bond acceptors (Lipinski definition) is 3. The number of aliphatic hydroxyl groups is 1. The monoisotopic (exact) mass is 267 g/mol. The van der Waals surface area contributed by atoms with Crippen LogP contribution in [0.25, 0.3) is 11.1 Å². The predicted molar refractivity (Wildman–Crippen MR) is 78.4 cm³/mol. The molecule has 0 saturated carbocycles. The van der Waals surface area contributed by atoms with Crippen LogP contribution in [0.1, 0.15) is 12.0 Å². The molecule has 0 radical (unpaired) electrons. The molecule has 0 spiro atoms. The largest absolute Gasteiger partial charge is 0.496 e. The molecule has 0 heterocycles. The minimum absolute atomic E-state index is 0.124. The lowest BCUT2D eigenvalue weighted by atomic mass is 9.98. The molecule has 2 rings (SSSR count). The number of aliphatic hydroxyl groups excluding tert-OH is 1. The van der Waals surface area contributed by atoms with Crippen LogP contribution in [0.5, 0.6) is 5.75 Å². The van der Waals surface area contributed by atoms with Crippen LogP contribution in [0.15, 0.2) is 48.5 Å². The highest BCUT2D eigenvalue weighted by molar-refractivity contribution is 5.65. The van der Waals surface area contributed by atoms with E-state index >= 15 is 0 Å². The van der Waals surface area contributed by atoms with Crippen molar-refractivity contribution in [1.29, 1.82) is 5.26 Å². The molecule has 0 unspecified atom stereocenters. The second-order valence-electron chi connectivity index (χ2n) is 4.61. The molecule has 0 fully saturated rings. The van der Waals surface area contributed by atoms with Gasteiger partial charge >= 0.3 is 0 Å². The summed E-state index contributed by atoms with van der Waals surface area (Å²) in [6.07, 6.45) is -0.129. The second-order valence-corrected chi connectivity index (χ2v) is 4.61. The molecular formula is C17H17NO2. The van der Waals surface area contributed by atoms with Gasteiger partial charge in [0.25, 0.3) is 0 Å². The highest BCUT2D eigenvalue weighted by Crippen LogP contribution is 2.27. The summed E-state index contributed by atoms with van der Waals surface area (Å²) in [5, 5.41) is 18.4. The van der Waals surface area contributed by atoms with Gasteiger partial charge in [-0.25, -0.2) is 0 Å². The van der Waals surface area contributed by atoms with Crippen molar-refractivity contribution in [2.45, 2.75) is 18.9 Å². The summed E-state index contributed by atoms with van der Waals surface area (Å²) in [5.41, 5.74) is 3.10. The van der Waals surface area contributed by atoms with Crippen molar-refractivity contribution in [2.75, 3.05) is 7.11 Å². The molecule has 0 saturated heterocycles. The van der Waals surface area contributed by atoms with Crippen LogP contribution in [0, 0.1) is 11.3 Å². The standard InChI is InChI=1S/C17H17NO2/c1-20-17-8-7-14(13-5-3-2-4-6-13)11-15(17)12-16(19)9-10-18/h2-8,11,16,19H,9,12H2,1H3/t16-/m0/s1. The van der Waals surface area contributed by atoms with E-state index in [1.807, 2.05) is 54.6 Å². The van der Waals surface area contributed by atoms with Crippen LogP contribution >= 0.6 is 0 Å². The number of benzene rings is 2. The molecule has 3 nitrogen and oxygen atoms in total. The summed E-state index contributed by atoms with van der Waals surface area (Å²) >= 11 is 0. The normalized spacial score (nSPS) is 11.7. The Morgan fingerprint density at radius 3 is 2.55 bits per heavy atom. The number of nitriles is 1. The zero-order valence-electron chi connectivity index (χ0n) is 11.4. The maximum atomic E-state index is 9.81. The molecule has 1 atom stereocenters. The summed E-state index contributed by atoms with van der Waals surface area (Å²) in [4.78, 5) is 0. The third-order valence-electron chi connectivity index (χ3n) is 3.17. The van der Waals surface area contributed by atoms with Crippen LogP contribution in [0.4, 0.5) is 0 Å².